The molecule has 0 amide bonds. The van der Waals surface area contributed by atoms with Crippen LogP contribution < -0.4 is 0 Å². The van der Waals surface area contributed by atoms with Crippen LogP contribution in [0.3, 0.4) is 0 Å². The van der Waals surface area contributed by atoms with Gasteiger partial charge in [0, 0.05) is 11.4 Å². The first-order valence-electron chi connectivity index (χ1n) is 6.68. The van der Waals surface area contributed by atoms with Gasteiger partial charge in [-0.05, 0) is 36.7 Å². The number of aromatic amines is 1. The van der Waals surface area contributed by atoms with Crippen molar-refractivity contribution in [3.63, 3.8) is 0 Å². The van der Waals surface area contributed by atoms with Crippen LogP contribution in [0.15, 0.2) is 30.6 Å². The van der Waals surface area contributed by atoms with E-state index in [-0.39, 0.29) is 0 Å². The molecule has 0 aliphatic heterocycles. The molecule has 4 nitrogen and oxygen atoms in total. The number of hydrogen-bond donors (Lipinski definition) is 2. The Labute approximate surface area is 137 Å². The minimum atomic E-state index is -1.11. The molecule has 1 aliphatic rings. The summed E-state index contributed by atoms with van der Waals surface area (Å²) in [5.74, 6) is 0. The Kier molecular flexibility index (Phi) is 3.86. The fraction of sp³-hybridized carbons (Fsp3) is 0.429. The summed E-state index contributed by atoms with van der Waals surface area (Å²) in [7, 11) is 0. The molecule has 0 spiro atoms. The van der Waals surface area contributed by atoms with Crippen molar-refractivity contribution in [1.82, 2.24) is 14.8 Å². The first-order valence-corrected chi connectivity index (χ1v) is 7.84. The van der Waals surface area contributed by atoms with Crippen molar-refractivity contribution in [3.8, 4) is 0 Å². The maximum absolute atomic E-state index is 11.2. The third kappa shape index (κ3) is 3.01. The summed E-state index contributed by atoms with van der Waals surface area (Å²) in [6.07, 6.45) is 3.52. The summed E-state index contributed by atoms with van der Waals surface area (Å²) in [5.41, 5.74) is -0.231. The van der Waals surface area contributed by atoms with Crippen LogP contribution >= 0.6 is 35.4 Å². The Morgan fingerprint density at radius 2 is 2.14 bits per heavy atom. The molecule has 0 bridgehead atoms. The molecule has 1 unspecified atom stereocenters. The van der Waals surface area contributed by atoms with E-state index in [0.717, 1.165) is 18.4 Å². The van der Waals surface area contributed by atoms with Gasteiger partial charge in [0.2, 0.25) is 4.77 Å². The first kappa shape index (κ1) is 15.0. The van der Waals surface area contributed by atoms with E-state index in [0.29, 0.717) is 22.8 Å². The van der Waals surface area contributed by atoms with Crippen molar-refractivity contribution in [3.05, 3.63) is 45.9 Å². The van der Waals surface area contributed by atoms with Crippen LogP contribution in [0.1, 0.15) is 18.4 Å². The van der Waals surface area contributed by atoms with Crippen LogP contribution in [-0.2, 0) is 13.0 Å². The quantitative estimate of drug-likeness (QED) is 0.646. The van der Waals surface area contributed by atoms with Gasteiger partial charge in [0.05, 0.1) is 11.4 Å². The van der Waals surface area contributed by atoms with E-state index < -0.39 is 10.5 Å². The predicted molar refractivity (Wildman–Crippen MR) is 85.3 cm³/mol. The SMILES string of the molecule is OC(Cc1ccccc1Cl)(Cn1cnc(=S)[nH]1)C1(Cl)CC1. The average molecular weight is 344 g/mol. The zero-order valence-electron chi connectivity index (χ0n) is 11.2. The topological polar surface area (TPSA) is 53.8 Å². The maximum Gasteiger partial charge on any atom is 0.213 e. The minimum Gasteiger partial charge on any atom is -0.386 e. The van der Waals surface area contributed by atoms with Gasteiger partial charge in [-0.15, -0.1) is 11.6 Å². The molecule has 1 saturated carbocycles. The van der Waals surface area contributed by atoms with E-state index in [4.69, 9.17) is 35.4 Å². The third-order valence-corrected chi connectivity index (χ3v) is 5.24. The normalized spacial score (nSPS) is 19.2. The van der Waals surface area contributed by atoms with Gasteiger partial charge in [-0.25, -0.2) is 4.98 Å². The van der Waals surface area contributed by atoms with E-state index >= 15 is 0 Å². The van der Waals surface area contributed by atoms with Gasteiger partial charge in [0.25, 0.3) is 0 Å². The number of H-pyrrole nitrogens is 1. The average Bonchev–Trinajstić information content (AvgIpc) is 3.07. The third-order valence-electron chi connectivity index (χ3n) is 3.95. The van der Waals surface area contributed by atoms with Crippen molar-refractivity contribution in [2.75, 3.05) is 0 Å². The van der Waals surface area contributed by atoms with E-state index in [2.05, 4.69) is 10.1 Å². The monoisotopic (exact) mass is 343 g/mol. The van der Waals surface area contributed by atoms with Crippen molar-refractivity contribution < 1.29 is 5.11 Å². The Balaban J connectivity index is 1.90. The highest BCUT2D eigenvalue weighted by Crippen LogP contribution is 2.53. The highest BCUT2D eigenvalue weighted by Gasteiger charge is 2.58. The second-order valence-corrected chi connectivity index (χ2v) is 7.07. The van der Waals surface area contributed by atoms with Gasteiger partial charge in [-0.2, -0.15) is 0 Å². The van der Waals surface area contributed by atoms with Crippen molar-refractivity contribution in [2.45, 2.75) is 36.3 Å². The molecule has 2 N–H and O–H groups in total. The second-order valence-electron chi connectivity index (χ2n) is 5.55. The largest absolute Gasteiger partial charge is 0.386 e. The standard InChI is InChI=1S/C14H15Cl2N3OS/c15-11-4-2-1-3-10(11)7-14(20,13(16)5-6-13)8-19-9-17-12(21)18-19/h1-4,9,20H,5-8H2,(H,18,21). The summed E-state index contributed by atoms with van der Waals surface area (Å²) < 4.78 is 2.05. The van der Waals surface area contributed by atoms with E-state index in [1.165, 1.54) is 0 Å². The number of nitrogens with one attached hydrogen (secondary N) is 1. The fourth-order valence-corrected chi connectivity index (χ4v) is 3.14. The lowest BCUT2D eigenvalue weighted by Gasteiger charge is -2.33. The molecule has 1 aliphatic carbocycles. The molecule has 1 atom stereocenters. The molecule has 2 aromatic rings. The Morgan fingerprint density at radius 3 is 2.71 bits per heavy atom. The number of halogens is 2. The van der Waals surface area contributed by atoms with Crippen molar-refractivity contribution in [1.29, 1.82) is 0 Å². The van der Waals surface area contributed by atoms with Crippen LogP contribution in [0.25, 0.3) is 0 Å². The first-order chi connectivity index (χ1) is 9.92. The summed E-state index contributed by atoms with van der Waals surface area (Å²) in [6, 6.07) is 7.49. The van der Waals surface area contributed by atoms with E-state index in [1.54, 1.807) is 11.0 Å². The summed E-state index contributed by atoms with van der Waals surface area (Å²) in [5, 5.41) is 14.7. The van der Waals surface area contributed by atoms with Crippen LogP contribution in [0, 0.1) is 4.77 Å². The number of rotatable bonds is 5. The zero-order valence-corrected chi connectivity index (χ0v) is 13.5. The van der Waals surface area contributed by atoms with Gasteiger partial charge in [0.15, 0.2) is 0 Å². The van der Waals surface area contributed by atoms with Gasteiger partial charge >= 0.3 is 0 Å². The molecule has 7 heteroatoms. The molecular formula is C14H15Cl2N3OS. The predicted octanol–water partition coefficient (Wildman–Crippen LogP) is 3.34. The van der Waals surface area contributed by atoms with Crippen LogP contribution in [0.2, 0.25) is 5.02 Å². The number of aromatic nitrogens is 3. The highest BCUT2D eigenvalue weighted by atomic mass is 35.5. The van der Waals surface area contributed by atoms with Crippen molar-refractivity contribution >= 4 is 35.4 Å². The van der Waals surface area contributed by atoms with Gasteiger partial charge in [-0.3, -0.25) is 9.78 Å². The molecule has 1 aromatic carbocycles. The molecule has 112 valence electrons. The Hall–Kier alpha value is -0.880. The number of hydrogen-bond acceptors (Lipinski definition) is 3. The molecule has 1 heterocycles. The second kappa shape index (κ2) is 5.39. The van der Waals surface area contributed by atoms with E-state index in [1.807, 2.05) is 24.3 Å². The summed E-state index contributed by atoms with van der Waals surface area (Å²) in [6.45, 7) is 0.297. The molecule has 3 rings (SSSR count). The zero-order chi connectivity index (χ0) is 15.1. The Bertz CT molecular complexity index is 710. The molecule has 0 saturated heterocycles. The number of benzene rings is 1. The number of nitrogens with zero attached hydrogens (tertiary/aromatic N) is 2. The Morgan fingerprint density at radius 1 is 1.43 bits per heavy atom. The summed E-state index contributed by atoms with van der Waals surface area (Å²) in [4.78, 5) is 3.35. The van der Waals surface area contributed by atoms with Crippen LogP contribution in [0.5, 0.6) is 0 Å². The lowest BCUT2D eigenvalue weighted by molar-refractivity contribution is 0.00762. The minimum absolute atomic E-state index is 0.297. The van der Waals surface area contributed by atoms with Crippen LogP contribution in [0.4, 0.5) is 0 Å². The molecule has 0 radical (unpaired) electrons. The lowest BCUT2D eigenvalue weighted by Crippen LogP contribution is -2.47. The van der Waals surface area contributed by atoms with Crippen molar-refractivity contribution in [2.24, 2.45) is 0 Å². The fourth-order valence-electron chi connectivity index (χ4n) is 2.55. The smallest absolute Gasteiger partial charge is 0.213 e. The van der Waals surface area contributed by atoms with Gasteiger partial charge in [-0.1, -0.05) is 29.8 Å². The summed E-state index contributed by atoms with van der Waals surface area (Å²) >= 11 is 17.7. The van der Waals surface area contributed by atoms with Gasteiger partial charge in [0.1, 0.15) is 11.9 Å². The van der Waals surface area contributed by atoms with E-state index in [9.17, 15) is 5.11 Å². The molecule has 1 fully saturated rings. The lowest BCUT2D eigenvalue weighted by atomic mass is 9.89. The maximum atomic E-state index is 11.2. The van der Waals surface area contributed by atoms with Gasteiger partial charge < -0.3 is 5.11 Å². The molecule has 1 aromatic heterocycles. The molecule has 21 heavy (non-hydrogen) atoms. The number of aliphatic hydroxyl groups is 1. The van der Waals surface area contributed by atoms with Crippen LogP contribution in [-0.4, -0.2) is 30.3 Å². The molecular weight excluding hydrogens is 329 g/mol. The number of alkyl halides is 1. The highest BCUT2D eigenvalue weighted by molar-refractivity contribution is 7.71.